The molecule has 9 heteroatoms. The van der Waals surface area contributed by atoms with Crippen LogP contribution in [-0.4, -0.2) is 73.5 Å². The Morgan fingerprint density at radius 1 is 1.48 bits per heavy atom. The van der Waals surface area contributed by atoms with Crippen molar-refractivity contribution >= 4 is 21.6 Å². The monoisotopic (exact) mass is 342 g/mol. The fourth-order valence-corrected chi connectivity index (χ4v) is 4.32. The third-order valence-corrected chi connectivity index (χ3v) is 5.50. The van der Waals surface area contributed by atoms with Crippen molar-refractivity contribution in [2.24, 2.45) is 0 Å². The molecule has 1 saturated heterocycles. The molecule has 0 saturated carbocycles. The predicted octanol–water partition coefficient (Wildman–Crippen LogP) is 0.184. The van der Waals surface area contributed by atoms with Gasteiger partial charge in [-0.3, -0.25) is 4.79 Å². The van der Waals surface area contributed by atoms with Crippen molar-refractivity contribution in [3.8, 4) is 0 Å². The Morgan fingerprint density at radius 3 is 2.87 bits per heavy atom. The van der Waals surface area contributed by atoms with Crippen LogP contribution in [0.15, 0.2) is 12.4 Å². The van der Waals surface area contributed by atoms with E-state index < -0.39 is 9.84 Å². The molecule has 128 valence electrons. The molecule has 1 aliphatic rings. The summed E-state index contributed by atoms with van der Waals surface area (Å²) in [5.41, 5.74) is 0.256. The molecule has 1 aromatic heterocycles. The number of nitrogens with zero attached hydrogens (tertiary/aromatic N) is 3. The van der Waals surface area contributed by atoms with Crippen molar-refractivity contribution in [3.63, 3.8) is 0 Å². The molecule has 0 aromatic carbocycles. The minimum Gasteiger partial charge on any atom is -0.383 e. The smallest absolute Gasteiger partial charge is 0.272 e. The van der Waals surface area contributed by atoms with Gasteiger partial charge in [0.1, 0.15) is 17.8 Å². The van der Waals surface area contributed by atoms with Crippen LogP contribution in [0.25, 0.3) is 0 Å². The van der Waals surface area contributed by atoms with Crippen LogP contribution in [-0.2, 0) is 14.6 Å². The summed E-state index contributed by atoms with van der Waals surface area (Å²) in [6.07, 6.45) is 1.80. The Kier molecular flexibility index (Phi) is 5.89. The van der Waals surface area contributed by atoms with E-state index in [0.717, 1.165) is 0 Å². The van der Waals surface area contributed by atoms with Crippen molar-refractivity contribution in [1.82, 2.24) is 14.9 Å². The van der Waals surface area contributed by atoms with Gasteiger partial charge in [-0.1, -0.05) is 0 Å². The van der Waals surface area contributed by atoms with Gasteiger partial charge in [0.2, 0.25) is 0 Å². The molecule has 23 heavy (non-hydrogen) atoms. The lowest BCUT2D eigenvalue weighted by molar-refractivity contribution is 0.0702. The zero-order chi connectivity index (χ0) is 16.9. The molecule has 1 fully saturated rings. The van der Waals surface area contributed by atoms with Crippen LogP contribution in [0.4, 0.5) is 5.82 Å². The number of ether oxygens (including phenoxy) is 1. The Hall–Kier alpha value is -1.74. The summed E-state index contributed by atoms with van der Waals surface area (Å²) >= 11 is 0. The first-order valence-electron chi connectivity index (χ1n) is 7.53. The van der Waals surface area contributed by atoms with E-state index in [1.54, 1.807) is 18.1 Å². The third-order valence-electron chi connectivity index (χ3n) is 3.75. The van der Waals surface area contributed by atoms with E-state index in [2.05, 4.69) is 15.3 Å². The number of sulfone groups is 1. The van der Waals surface area contributed by atoms with Gasteiger partial charge in [-0.2, -0.15) is 0 Å². The first-order valence-corrected chi connectivity index (χ1v) is 9.35. The van der Waals surface area contributed by atoms with Gasteiger partial charge in [0.15, 0.2) is 9.84 Å². The maximum atomic E-state index is 12.6. The van der Waals surface area contributed by atoms with Crippen molar-refractivity contribution in [3.05, 3.63) is 18.1 Å². The van der Waals surface area contributed by atoms with Gasteiger partial charge in [0, 0.05) is 32.3 Å². The van der Waals surface area contributed by atoms with Crippen LogP contribution in [0.5, 0.6) is 0 Å². The third kappa shape index (κ3) is 4.61. The lowest BCUT2D eigenvalue weighted by Gasteiger charge is -2.26. The van der Waals surface area contributed by atoms with Gasteiger partial charge in [0.25, 0.3) is 5.91 Å². The van der Waals surface area contributed by atoms with Gasteiger partial charge in [0.05, 0.1) is 18.1 Å². The zero-order valence-corrected chi connectivity index (χ0v) is 14.2. The Morgan fingerprint density at radius 2 is 2.26 bits per heavy atom. The second-order valence-electron chi connectivity index (χ2n) is 5.36. The maximum absolute atomic E-state index is 12.6. The molecular weight excluding hydrogens is 320 g/mol. The van der Waals surface area contributed by atoms with Crippen LogP contribution in [0, 0.1) is 0 Å². The van der Waals surface area contributed by atoms with E-state index in [-0.39, 0.29) is 29.1 Å². The summed E-state index contributed by atoms with van der Waals surface area (Å²) in [6.45, 7) is 3.37. The molecule has 1 unspecified atom stereocenters. The molecule has 2 rings (SSSR count). The van der Waals surface area contributed by atoms with E-state index in [9.17, 15) is 13.2 Å². The van der Waals surface area contributed by atoms with Crippen molar-refractivity contribution in [2.75, 3.05) is 43.6 Å². The molecule has 2 heterocycles. The number of hydrogen-bond acceptors (Lipinski definition) is 7. The fourth-order valence-electron chi connectivity index (χ4n) is 2.59. The number of aromatic nitrogens is 2. The molecule has 1 atom stereocenters. The molecule has 1 aliphatic heterocycles. The predicted molar refractivity (Wildman–Crippen MR) is 86.2 cm³/mol. The fraction of sp³-hybridized carbons (Fsp3) is 0.643. The second kappa shape index (κ2) is 7.69. The van der Waals surface area contributed by atoms with Crippen molar-refractivity contribution in [2.45, 2.75) is 19.4 Å². The molecule has 1 aromatic rings. The Labute approximate surface area is 136 Å². The van der Waals surface area contributed by atoms with Crippen LogP contribution in [0.3, 0.4) is 0 Å². The summed E-state index contributed by atoms with van der Waals surface area (Å²) in [5.74, 6) is 0.424. The highest BCUT2D eigenvalue weighted by atomic mass is 32.2. The first kappa shape index (κ1) is 17.6. The second-order valence-corrected chi connectivity index (χ2v) is 7.58. The number of hydrogen-bond donors (Lipinski definition) is 1. The molecule has 0 bridgehead atoms. The highest BCUT2D eigenvalue weighted by Gasteiger charge is 2.34. The molecule has 0 aliphatic carbocycles. The quantitative estimate of drug-likeness (QED) is 0.706. The van der Waals surface area contributed by atoms with Crippen LogP contribution in [0.2, 0.25) is 0 Å². The molecule has 0 spiro atoms. The number of carbonyl (C=O) groups excluding carboxylic acids is 1. The van der Waals surface area contributed by atoms with Gasteiger partial charge < -0.3 is 15.0 Å². The van der Waals surface area contributed by atoms with Crippen molar-refractivity contribution in [1.29, 1.82) is 0 Å². The average molecular weight is 342 g/mol. The molecule has 0 radical (unpaired) electrons. The summed E-state index contributed by atoms with van der Waals surface area (Å²) in [7, 11) is -1.44. The van der Waals surface area contributed by atoms with Gasteiger partial charge in [-0.25, -0.2) is 18.4 Å². The average Bonchev–Trinajstić information content (AvgIpc) is 2.88. The first-order chi connectivity index (χ1) is 11.0. The molecule has 1 N–H and O–H groups in total. The van der Waals surface area contributed by atoms with E-state index in [4.69, 9.17) is 4.74 Å². The lowest BCUT2D eigenvalue weighted by atomic mass is 10.2. The van der Waals surface area contributed by atoms with Gasteiger partial charge in [-0.05, 0) is 13.3 Å². The van der Waals surface area contributed by atoms with Gasteiger partial charge in [-0.15, -0.1) is 0 Å². The number of methoxy groups -OCH3 is 1. The molecule has 1 amide bonds. The zero-order valence-electron chi connectivity index (χ0n) is 13.4. The number of nitrogens with one attached hydrogen (secondary N) is 1. The summed E-state index contributed by atoms with van der Waals surface area (Å²) in [4.78, 5) is 22.3. The highest BCUT2D eigenvalue weighted by Crippen LogP contribution is 2.19. The Bertz CT molecular complexity index is 650. The number of amides is 1. The minimum absolute atomic E-state index is 0.0244. The van der Waals surface area contributed by atoms with Crippen LogP contribution >= 0.6 is 0 Å². The summed E-state index contributed by atoms with van der Waals surface area (Å²) in [6, 6.07) is 1.29. The normalized spacial score (nSPS) is 19.5. The molecule has 8 nitrogen and oxygen atoms in total. The van der Waals surface area contributed by atoms with E-state index in [1.807, 2.05) is 6.92 Å². The summed E-state index contributed by atoms with van der Waals surface area (Å²) < 4.78 is 28.2. The van der Waals surface area contributed by atoms with Crippen LogP contribution in [0.1, 0.15) is 23.8 Å². The van der Waals surface area contributed by atoms with E-state index in [1.165, 1.54) is 6.33 Å². The number of anilines is 1. The standard InChI is InChI=1S/C14H22N4O4S/c1-3-18(11-4-7-23(20,21)9-11)14(19)12-8-13(17-10-16-12)15-5-6-22-2/h8,10-11H,3-7,9H2,1-2H3,(H,15,16,17). The number of carbonyl (C=O) groups is 1. The summed E-state index contributed by atoms with van der Waals surface area (Å²) in [5, 5.41) is 3.04. The highest BCUT2D eigenvalue weighted by molar-refractivity contribution is 7.91. The largest absolute Gasteiger partial charge is 0.383 e. The topological polar surface area (TPSA) is 101 Å². The van der Waals surface area contributed by atoms with Crippen LogP contribution < -0.4 is 5.32 Å². The van der Waals surface area contributed by atoms with E-state index >= 15 is 0 Å². The number of rotatable bonds is 7. The Balaban J connectivity index is 2.10. The lowest BCUT2D eigenvalue weighted by Crippen LogP contribution is -2.41. The maximum Gasteiger partial charge on any atom is 0.272 e. The van der Waals surface area contributed by atoms with Gasteiger partial charge >= 0.3 is 0 Å². The van der Waals surface area contributed by atoms with E-state index in [0.29, 0.717) is 31.9 Å². The molecular formula is C14H22N4O4S. The minimum atomic E-state index is -3.04. The van der Waals surface area contributed by atoms with Crippen molar-refractivity contribution < 1.29 is 17.9 Å². The SMILES string of the molecule is CCN(C(=O)c1cc(NCCOC)ncn1)C1CCS(=O)(=O)C1.